The minimum absolute atomic E-state index is 0.115. The van der Waals surface area contributed by atoms with Crippen LogP contribution in [0.5, 0.6) is 0 Å². The summed E-state index contributed by atoms with van der Waals surface area (Å²) < 4.78 is 9.06. The minimum Gasteiger partial charge on any atom is -0.383 e. The Labute approximate surface area is 163 Å². The summed E-state index contributed by atoms with van der Waals surface area (Å²) in [5, 5.41) is 2.89. The number of hydrogen-bond acceptors (Lipinski definition) is 3. The molecule has 3 heterocycles. The van der Waals surface area contributed by atoms with Crippen LogP contribution in [0, 0.1) is 0 Å². The average molecular weight is 374 g/mol. The number of rotatable bonds is 7. The Balaban J connectivity index is 1.65. The van der Waals surface area contributed by atoms with E-state index < -0.39 is 0 Å². The highest BCUT2D eigenvalue weighted by Gasteiger charge is 2.17. The molecule has 1 amide bonds. The first-order valence-electron chi connectivity index (χ1n) is 9.19. The SMILES string of the molecule is COCCNC(=O)c1cc(-c2cn(Cc3ccccc3)cn2)n2ccccc12. The van der Waals surface area contributed by atoms with Gasteiger partial charge in [0, 0.05) is 32.6 Å². The summed E-state index contributed by atoms with van der Waals surface area (Å²) in [6.45, 7) is 1.70. The van der Waals surface area contributed by atoms with E-state index in [9.17, 15) is 4.79 Å². The minimum atomic E-state index is -0.115. The van der Waals surface area contributed by atoms with Crippen LogP contribution in [0.15, 0.2) is 73.3 Å². The van der Waals surface area contributed by atoms with Crippen molar-refractivity contribution >= 4 is 11.4 Å². The lowest BCUT2D eigenvalue weighted by Gasteiger charge is -2.03. The van der Waals surface area contributed by atoms with Crippen LogP contribution >= 0.6 is 0 Å². The number of imidazole rings is 1. The number of hydrogen-bond donors (Lipinski definition) is 1. The molecule has 1 N–H and O–H groups in total. The zero-order valence-corrected chi connectivity index (χ0v) is 15.7. The Morgan fingerprint density at radius 1 is 1.14 bits per heavy atom. The third-order valence-corrected chi connectivity index (χ3v) is 4.62. The first-order chi connectivity index (χ1) is 13.8. The summed E-state index contributed by atoms with van der Waals surface area (Å²) in [6, 6.07) is 18.0. The van der Waals surface area contributed by atoms with Gasteiger partial charge in [0.15, 0.2) is 0 Å². The summed E-state index contributed by atoms with van der Waals surface area (Å²) in [5.41, 5.74) is 4.41. The van der Waals surface area contributed by atoms with Gasteiger partial charge in [0.2, 0.25) is 0 Å². The van der Waals surface area contributed by atoms with Gasteiger partial charge in [0.05, 0.1) is 29.7 Å². The van der Waals surface area contributed by atoms with Gasteiger partial charge < -0.3 is 19.0 Å². The molecule has 0 radical (unpaired) electrons. The van der Waals surface area contributed by atoms with Gasteiger partial charge in [-0.15, -0.1) is 0 Å². The molecular weight excluding hydrogens is 352 g/mol. The van der Waals surface area contributed by atoms with Crippen LogP contribution in [0.25, 0.3) is 16.9 Å². The molecule has 0 aliphatic rings. The number of fused-ring (bicyclic) bond motifs is 1. The lowest BCUT2D eigenvalue weighted by molar-refractivity contribution is 0.0939. The Morgan fingerprint density at radius 2 is 1.96 bits per heavy atom. The zero-order valence-electron chi connectivity index (χ0n) is 15.7. The first-order valence-corrected chi connectivity index (χ1v) is 9.19. The van der Waals surface area contributed by atoms with E-state index in [1.165, 1.54) is 5.56 Å². The standard InChI is InChI=1S/C22H22N4O2/c1-28-12-10-23-22(27)18-13-21(26-11-6-5-9-20(18)26)19-15-25(16-24-19)14-17-7-3-2-4-8-17/h2-9,11,13,15-16H,10,12,14H2,1H3,(H,23,27). The average Bonchev–Trinajstić information content (AvgIpc) is 3.33. The van der Waals surface area contributed by atoms with E-state index in [1.54, 1.807) is 7.11 Å². The molecule has 4 rings (SSSR count). The van der Waals surface area contributed by atoms with Crippen molar-refractivity contribution in [3.63, 3.8) is 0 Å². The maximum absolute atomic E-state index is 12.6. The first kappa shape index (κ1) is 18.0. The highest BCUT2D eigenvalue weighted by molar-refractivity contribution is 6.02. The van der Waals surface area contributed by atoms with E-state index in [1.807, 2.05) is 70.2 Å². The second-order valence-electron chi connectivity index (χ2n) is 6.56. The third-order valence-electron chi connectivity index (χ3n) is 4.62. The van der Waals surface area contributed by atoms with Crippen molar-refractivity contribution < 1.29 is 9.53 Å². The Morgan fingerprint density at radius 3 is 2.79 bits per heavy atom. The van der Waals surface area contributed by atoms with Crippen molar-refractivity contribution in [3.8, 4) is 11.4 Å². The Kier molecular flexibility index (Phi) is 5.21. The number of amides is 1. The van der Waals surface area contributed by atoms with E-state index in [-0.39, 0.29) is 5.91 Å². The van der Waals surface area contributed by atoms with E-state index in [0.717, 1.165) is 23.4 Å². The van der Waals surface area contributed by atoms with Gasteiger partial charge in [-0.2, -0.15) is 0 Å². The lowest BCUT2D eigenvalue weighted by Crippen LogP contribution is -2.26. The molecule has 0 unspecified atom stereocenters. The van der Waals surface area contributed by atoms with Crippen LogP contribution in [-0.2, 0) is 11.3 Å². The summed E-state index contributed by atoms with van der Waals surface area (Å²) in [5.74, 6) is -0.115. The van der Waals surface area contributed by atoms with Crippen molar-refractivity contribution in [2.75, 3.05) is 20.3 Å². The quantitative estimate of drug-likeness (QED) is 0.505. The molecule has 0 aliphatic carbocycles. The molecular formula is C22H22N4O2. The molecule has 28 heavy (non-hydrogen) atoms. The second-order valence-corrected chi connectivity index (χ2v) is 6.56. The molecule has 0 saturated heterocycles. The lowest BCUT2D eigenvalue weighted by atomic mass is 10.2. The monoisotopic (exact) mass is 374 g/mol. The van der Waals surface area contributed by atoms with Gasteiger partial charge in [-0.3, -0.25) is 4.79 Å². The van der Waals surface area contributed by atoms with Gasteiger partial charge >= 0.3 is 0 Å². The molecule has 0 fully saturated rings. The predicted octanol–water partition coefficient (Wildman–Crippen LogP) is 3.23. The van der Waals surface area contributed by atoms with Crippen molar-refractivity contribution in [3.05, 3.63) is 84.4 Å². The molecule has 0 aliphatic heterocycles. The number of nitrogens with one attached hydrogen (secondary N) is 1. The fourth-order valence-corrected chi connectivity index (χ4v) is 3.27. The Hall–Kier alpha value is -3.38. The number of ether oxygens (including phenoxy) is 1. The summed E-state index contributed by atoms with van der Waals surface area (Å²) in [4.78, 5) is 17.2. The largest absolute Gasteiger partial charge is 0.383 e. The zero-order chi connectivity index (χ0) is 19.3. The smallest absolute Gasteiger partial charge is 0.253 e. The van der Waals surface area contributed by atoms with E-state index in [2.05, 4.69) is 22.4 Å². The van der Waals surface area contributed by atoms with E-state index in [0.29, 0.717) is 18.7 Å². The van der Waals surface area contributed by atoms with Gasteiger partial charge in [-0.25, -0.2) is 4.98 Å². The van der Waals surface area contributed by atoms with Crippen LogP contribution in [0.4, 0.5) is 0 Å². The normalized spacial score (nSPS) is 11.0. The van der Waals surface area contributed by atoms with Crippen LogP contribution in [0.3, 0.4) is 0 Å². The molecule has 4 aromatic rings. The number of nitrogens with zero attached hydrogens (tertiary/aromatic N) is 3. The van der Waals surface area contributed by atoms with Crippen molar-refractivity contribution in [2.45, 2.75) is 6.54 Å². The molecule has 0 saturated carbocycles. The van der Waals surface area contributed by atoms with Gasteiger partial charge in [0.25, 0.3) is 5.91 Å². The number of methoxy groups -OCH3 is 1. The maximum Gasteiger partial charge on any atom is 0.253 e. The molecule has 6 nitrogen and oxygen atoms in total. The van der Waals surface area contributed by atoms with E-state index in [4.69, 9.17) is 4.74 Å². The maximum atomic E-state index is 12.6. The predicted molar refractivity (Wildman–Crippen MR) is 108 cm³/mol. The number of aromatic nitrogens is 3. The van der Waals surface area contributed by atoms with Crippen LogP contribution in [0.2, 0.25) is 0 Å². The van der Waals surface area contributed by atoms with Crippen molar-refractivity contribution in [2.24, 2.45) is 0 Å². The molecule has 3 aromatic heterocycles. The Bertz CT molecular complexity index is 1080. The number of carbonyl (C=O) groups excluding carboxylic acids is 1. The van der Waals surface area contributed by atoms with Gasteiger partial charge in [-0.05, 0) is 23.8 Å². The molecule has 0 bridgehead atoms. The highest BCUT2D eigenvalue weighted by atomic mass is 16.5. The third kappa shape index (κ3) is 3.68. The van der Waals surface area contributed by atoms with Gasteiger partial charge in [0.1, 0.15) is 5.69 Å². The number of carbonyl (C=O) groups is 1. The highest BCUT2D eigenvalue weighted by Crippen LogP contribution is 2.25. The summed E-state index contributed by atoms with van der Waals surface area (Å²) in [6.07, 6.45) is 5.78. The number of pyridine rings is 1. The van der Waals surface area contributed by atoms with Crippen LogP contribution in [0.1, 0.15) is 15.9 Å². The number of benzene rings is 1. The second kappa shape index (κ2) is 8.10. The van der Waals surface area contributed by atoms with E-state index >= 15 is 0 Å². The van der Waals surface area contributed by atoms with Crippen LogP contribution in [-0.4, -0.2) is 40.1 Å². The van der Waals surface area contributed by atoms with Gasteiger partial charge in [-0.1, -0.05) is 36.4 Å². The fourth-order valence-electron chi connectivity index (χ4n) is 3.27. The summed E-state index contributed by atoms with van der Waals surface area (Å²) >= 11 is 0. The van der Waals surface area contributed by atoms with Crippen molar-refractivity contribution in [1.29, 1.82) is 0 Å². The topological polar surface area (TPSA) is 60.6 Å². The molecule has 1 aromatic carbocycles. The molecule has 142 valence electrons. The molecule has 0 spiro atoms. The van der Waals surface area contributed by atoms with Crippen molar-refractivity contribution in [1.82, 2.24) is 19.3 Å². The molecule has 0 atom stereocenters. The van der Waals surface area contributed by atoms with Crippen LogP contribution < -0.4 is 5.32 Å². The molecule has 6 heteroatoms. The summed E-state index contributed by atoms with van der Waals surface area (Å²) in [7, 11) is 1.61. The fraction of sp³-hybridized carbons (Fsp3) is 0.182.